The van der Waals surface area contributed by atoms with Gasteiger partial charge in [-0.25, -0.2) is 0 Å². The van der Waals surface area contributed by atoms with E-state index in [1.807, 2.05) is 6.92 Å². The Labute approximate surface area is 142 Å². The molecular formula is C13H23Cl2N5S. The molecule has 0 aliphatic heterocycles. The second-order valence-corrected chi connectivity index (χ2v) is 6.25. The molecule has 0 aliphatic carbocycles. The molecule has 5 nitrogen and oxygen atoms in total. The minimum absolute atomic E-state index is 0.499. The topological polar surface area (TPSA) is 45.1 Å². The van der Waals surface area contributed by atoms with Crippen LogP contribution in [0.2, 0.25) is 10.2 Å². The summed E-state index contributed by atoms with van der Waals surface area (Å²) in [6.45, 7) is 5.25. The van der Waals surface area contributed by atoms with Gasteiger partial charge in [0.2, 0.25) is 0 Å². The largest absolute Gasteiger partial charge is 0.363 e. The quantitative estimate of drug-likeness (QED) is 0.555. The summed E-state index contributed by atoms with van der Waals surface area (Å²) in [5.74, 6) is 0. The zero-order valence-corrected chi connectivity index (χ0v) is 15.1. The first-order valence-electron chi connectivity index (χ1n) is 6.96. The molecule has 0 aliphatic rings. The molecule has 0 spiro atoms. The first-order chi connectivity index (χ1) is 9.91. The molecule has 0 aromatic carbocycles. The summed E-state index contributed by atoms with van der Waals surface area (Å²) < 4.78 is 1.72. The van der Waals surface area contributed by atoms with Crippen molar-refractivity contribution in [2.45, 2.75) is 26.3 Å². The van der Waals surface area contributed by atoms with Crippen LogP contribution in [0.3, 0.4) is 0 Å². The lowest BCUT2D eigenvalue weighted by Gasteiger charge is -2.12. The van der Waals surface area contributed by atoms with Crippen LogP contribution in [-0.4, -0.2) is 53.5 Å². The molecule has 0 radical (unpaired) electrons. The van der Waals surface area contributed by atoms with Gasteiger partial charge < -0.3 is 15.5 Å². The molecule has 2 N–H and O–H groups in total. The minimum atomic E-state index is 0.499. The maximum Gasteiger partial charge on any atom is 0.166 e. The van der Waals surface area contributed by atoms with E-state index in [0.29, 0.717) is 21.8 Å². The fourth-order valence-electron chi connectivity index (χ4n) is 1.77. The van der Waals surface area contributed by atoms with Gasteiger partial charge in [-0.3, -0.25) is 4.68 Å². The van der Waals surface area contributed by atoms with Gasteiger partial charge in [0, 0.05) is 19.6 Å². The van der Waals surface area contributed by atoms with Crippen molar-refractivity contribution >= 4 is 40.5 Å². The van der Waals surface area contributed by atoms with E-state index in [1.165, 1.54) is 0 Å². The van der Waals surface area contributed by atoms with Crippen molar-refractivity contribution in [3.8, 4) is 0 Å². The van der Waals surface area contributed by atoms with Gasteiger partial charge in [0.15, 0.2) is 5.11 Å². The van der Waals surface area contributed by atoms with Gasteiger partial charge in [0.05, 0.1) is 5.69 Å². The second-order valence-electron chi connectivity index (χ2n) is 5.11. The third kappa shape index (κ3) is 6.82. The summed E-state index contributed by atoms with van der Waals surface area (Å²) in [5.41, 5.74) is 0.757. The van der Waals surface area contributed by atoms with Crippen molar-refractivity contribution in [2.75, 3.05) is 33.7 Å². The Morgan fingerprint density at radius 1 is 1.24 bits per heavy atom. The van der Waals surface area contributed by atoms with E-state index >= 15 is 0 Å². The van der Waals surface area contributed by atoms with Crippen LogP contribution in [0.15, 0.2) is 0 Å². The van der Waals surface area contributed by atoms with Gasteiger partial charge >= 0.3 is 0 Å². The van der Waals surface area contributed by atoms with Gasteiger partial charge in [-0.1, -0.05) is 23.2 Å². The van der Waals surface area contributed by atoms with Crippen LogP contribution < -0.4 is 10.6 Å². The molecule has 0 saturated carbocycles. The summed E-state index contributed by atoms with van der Waals surface area (Å²) in [6.07, 6.45) is 1.94. The number of hydrogen-bond donors (Lipinski definition) is 2. The lowest BCUT2D eigenvalue weighted by molar-refractivity contribution is 0.400. The van der Waals surface area contributed by atoms with Gasteiger partial charge in [0.25, 0.3) is 0 Å². The Hall–Kier alpha value is -0.560. The number of rotatable bonds is 8. The number of aromatic nitrogens is 2. The number of thiocarbonyl (C=S) groups is 1. The maximum atomic E-state index is 6.07. The standard InChI is InChI=1S/C13H23Cl2N5S/c1-10-11(14)12(15)20(18-10)9-5-7-17-13(21)16-6-4-8-19(2)3/h4-9H2,1-3H3,(H2,16,17,21). The molecule has 1 rings (SSSR count). The van der Waals surface area contributed by atoms with Crippen molar-refractivity contribution in [3.05, 3.63) is 15.9 Å². The number of nitrogens with zero attached hydrogens (tertiary/aromatic N) is 3. The van der Waals surface area contributed by atoms with Crippen LogP contribution >= 0.6 is 35.4 Å². The zero-order chi connectivity index (χ0) is 15.8. The maximum absolute atomic E-state index is 6.07. The predicted octanol–water partition coefficient (Wildman–Crippen LogP) is 2.30. The van der Waals surface area contributed by atoms with Gasteiger partial charge in [-0.2, -0.15) is 5.10 Å². The number of aryl methyl sites for hydroxylation is 2. The lowest BCUT2D eigenvalue weighted by atomic mass is 10.4. The molecule has 120 valence electrons. The van der Waals surface area contributed by atoms with Crippen molar-refractivity contribution < 1.29 is 0 Å². The second kappa shape index (κ2) is 9.46. The summed E-state index contributed by atoms with van der Waals surface area (Å²) >= 11 is 17.3. The molecular weight excluding hydrogens is 329 g/mol. The van der Waals surface area contributed by atoms with Crippen molar-refractivity contribution in [1.29, 1.82) is 0 Å². The Morgan fingerprint density at radius 2 is 1.86 bits per heavy atom. The number of hydrogen-bond acceptors (Lipinski definition) is 3. The van der Waals surface area contributed by atoms with Crippen LogP contribution in [0.25, 0.3) is 0 Å². The molecule has 1 heterocycles. The third-order valence-electron chi connectivity index (χ3n) is 2.90. The van der Waals surface area contributed by atoms with E-state index in [2.05, 4.69) is 34.7 Å². The molecule has 1 aromatic rings. The summed E-state index contributed by atoms with van der Waals surface area (Å²) in [5, 5.41) is 12.4. The molecule has 0 atom stereocenters. The smallest absolute Gasteiger partial charge is 0.166 e. The van der Waals surface area contributed by atoms with Crippen LogP contribution in [0.5, 0.6) is 0 Å². The predicted molar refractivity (Wildman–Crippen MR) is 93.4 cm³/mol. The summed E-state index contributed by atoms with van der Waals surface area (Å²) in [4.78, 5) is 2.15. The SMILES string of the molecule is Cc1nn(CCCNC(=S)NCCCN(C)C)c(Cl)c1Cl. The molecule has 0 bridgehead atoms. The summed E-state index contributed by atoms with van der Waals surface area (Å²) in [6, 6.07) is 0. The van der Waals surface area contributed by atoms with Crippen LogP contribution in [-0.2, 0) is 6.54 Å². The monoisotopic (exact) mass is 351 g/mol. The normalized spacial score (nSPS) is 11.0. The average Bonchev–Trinajstić information content (AvgIpc) is 2.67. The van der Waals surface area contributed by atoms with Gasteiger partial charge in [0.1, 0.15) is 10.2 Å². The summed E-state index contributed by atoms with van der Waals surface area (Å²) in [7, 11) is 4.12. The van der Waals surface area contributed by atoms with Crippen molar-refractivity contribution in [2.24, 2.45) is 0 Å². The third-order valence-corrected chi connectivity index (χ3v) is 4.12. The number of nitrogens with one attached hydrogen (secondary N) is 2. The molecule has 1 aromatic heterocycles. The fourth-order valence-corrected chi connectivity index (χ4v) is 2.37. The van der Waals surface area contributed by atoms with Crippen LogP contribution in [0.4, 0.5) is 0 Å². The van der Waals surface area contributed by atoms with Gasteiger partial charge in [-0.05, 0) is 52.6 Å². The Morgan fingerprint density at radius 3 is 2.38 bits per heavy atom. The lowest BCUT2D eigenvalue weighted by Crippen LogP contribution is -2.37. The first kappa shape index (κ1) is 18.5. The average molecular weight is 352 g/mol. The Bertz CT molecular complexity index is 462. The highest BCUT2D eigenvalue weighted by Crippen LogP contribution is 2.24. The van der Waals surface area contributed by atoms with Crippen LogP contribution in [0.1, 0.15) is 18.5 Å². The highest BCUT2D eigenvalue weighted by atomic mass is 35.5. The van der Waals surface area contributed by atoms with E-state index in [4.69, 9.17) is 35.4 Å². The van der Waals surface area contributed by atoms with E-state index in [1.54, 1.807) is 4.68 Å². The van der Waals surface area contributed by atoms with E-state index < -0.39 is 0 Å². The molecule has 21 heavy (non-hydrogen) atoms. The highest BCUT2D eigenvalue weighted by molar-refractivity contribution is 7.80. The van der Waals surface area contributed by atoms with Crippen LogP contribution in [0, 0.1) is 6.92 Å². The van der Waals surface area contributed by atoms with E-state index in [-0.39, 0.29) is 0 Å². The molecule has 0 unspecified atom stereocenters. The van der Waals surface area contributed by atoms with Crippen molar-refractivity contribution in [3.63, 3.8) is 0 Å². The molecule has 0 fully saturated rings. The molecule has 0 saturated heterocycles. The van der Waals surface area contributed by atoms with E-state index in [9.17, 15) is 0 Å². The molecule has 8 heteroatoms. The fraction of sp³-hybridized carbons (Fsp3) is 0.692. The zero-order valence-electron chi connectivity index (χ0n) is 12.7. The Kier molecular flexibility index (Phi) is 8.33. The van der Waals surface area contributed by atoms with Crippen molar-refractivity contribution in [1.82, 2.24) is 25.3 Å². The first-order valence-corrected chi connectivity index (χ1v) is 8.13. The minimum Gasteiger partial charge on any atom is -0.363 e. The number of halogens is 2. The highest BCUT2D eigenvalue weighted by Gasteiger charge is 2.10. The Balaban J connectivity index is 2.13. The van der Waals surface area contributed by atoms with E-state index in [0.717, 1.165) is 38.2 Å². The molecule has 0 amide bonds. The van der Waals surface area contributed by atoms with Gasteiger partial charge in [-0.15, -0.1) is 0 Å².